The van der Waals surface area contributed by atoms with Gasteiger partial charge in [0.05, 0.1) is 18.0 Å². The molecule has 0 radical (unpaired) electrons. The summed E-state index contributed by atoms with van der Waals surface area (Å²) in [5, 5.41) is 0. The fourth-order valence-electron chi connectivity index (χ4n) is 4.76. The molecule has 0 amide bonds. The van der Waals surface area contributed by atoms with Crippen molar-refractivity contribution in [1.29, 1.82) is 0 Å². The lowest BCUT2D eigenvalue weighted by Crippen LogP contribution is -2.00. The van der Waals surface area contributed by atoms with Crippen molar-refractivity contribution in [2.24, 2.45) is 9.98 Å². The minimum Gasteiger partial charge on any atom is -0.280 e. The third-order valence-electron chi connectivity index (χ3n) is 7.08. The van der Waals surface area contributed by atoms with Gasteiger partial charge in [-0.2, -0.15) is 0 Å². The maximum Gasteiger partial charge on any atom is 0.0716 e. The maximum absolute atomic E-state index is 5.13. The van der Waals surface area contributed by atoms with E-state index in [9.17, 15) is 0 Å². The summed E-state index contributed by atoms with van der Waals surface area (Å²) in [6.45, 7) is 12.4. The van der Waals surface area contributed by atoms with Gasteiger partial charge in [0.15, 0.2) is 0 Å². The average Bonchev–Trinajstić information content (AvgIpc) is 3.02. The summed E-state index contributed by atoms with van der Waals surface area (Å²) in [6.07, 6.45) is 5.86. The van der Waals surface area contributed by atoms with Crippen molar-refractivity contribution in [1.82, 2.24) is 4.98 Å². The van der Waals surface area contributed by atoms with Crippen LogP contribution in [0, 0.1) is 13.8 Å². The van der Waals surface area contributed by atoms with E-state index in [2.05, 4.69) is 84.8 Å². The topological polar surface area (TPSA) is 37.6 Å². The van der Waals surface area contributed by atoms with Crippen molar-refractivity contribution in [2.75, 3.05) is 0 Å². The van der Waals surface area contributed by atoms with Crippen LogP contribution in [-0.4, -0.2) is 17.4 Å². The smallest absolute Gasteiger partial charge is 0.0716 e. The summed E-state index contributed by atoms with van der Waals surface area (Å²) in [6, 6.07) is 37.6. The highest BCUT2D eigenvalue weighted by molar-refractivity contribution is 6.12. The maximum atomic E-state index is 5.13. The molecule has 1 aromatic heterocycles. The molecule has 4 aromatic carbocycles. The molecule has 41 heavy (non-hydrogen) atoms. The molecule has 0 saturated carbocycles. The molecule has 0 aliphatic rings. The number of allylic oxidation sites excluding steroid dienone is 1. The summed E-state index contributed by atoms with van der Waals surface area (Å²) in [7, 11) is 0. The normalized spacial score (nSPS) is 11.8. The number of hydrogen-bond acceptors (Lipinski definition) is 3. The second kappa shape index (κ2) is 12.8. The number of nitrogens with zero attached hydrogens (tertiary/aromatic N) is 3. The Morgan fingerprint density at radius 3 is 2.02 bits per heavy atom. The molecule has 0 atom stereocenters. The molecule has 0 saturated heterocycles. The molecule has 0 spiro atoms. The minimum atomic E-state index is 0.500. The average molecular weight is 532 g/mol. The first-order valence-electron chi connectivity index (χ1n) is 13.7. The molecule has 3 nitrogen and oxygen atoms in total. The van der Waals surface area contributed by atoms with Gasteiger partial charge in [0.1, 0.15) is 0 Å². The van der Waals surface area contributed by atoms with E-state index in [4.69, 9.17) is 4.99 Å². The first-order chi connectivity index (χ1) is 20.0. The Kier molecular flexibility index (Phi) is 8.56. The standard InChI is InChI=1S/C38H33N3/c1-5-30-22-33(18-16-27(30)2)35-20-29(21-36(23-35)34-19-17-28(3)40-26-34)25-41-38(32-14-10-7-11-15-32)24-37(39-4)31-12-8-6-9-13-31/h5-24,26H,1,4,25H2,2-3H3/b37-24-,41-38?. The predicted octanol–water partition coefficient (Wildman–Crippen LogP) is 9.41. The second-order valence-corrected chi connectivity index (χ2v) is 10.0. The van der Waals surface area contributed by atoms with Crippen molar-refractivity contribution < 1.29 is 0 Å². The third-order valence-corrected chi connectivity index (χ3v) is 7.08. The molecular formula is C38H33N3. The van der Waals surface area contributed by atoms with E-state index < -0.39 is 0 Å². The van der Waals surface area contributed by atoms with Crippen LogP contribution in [0.25, 0.3) is 34.0 Å². The molecule has 200 valence electrons. The molecule has 3 heteroatoms. The van der Waals surface area contributed by atoms with E-state index >= 15 is 0 Å². The van der Waals surface area contributed by atoms with Gasteiger partial charge in [0.25, 0.3) is 0 Å². The van der Waals surface area contributed by atoms with Crippen LogP contribution in [0.3, 0.4) is 0 Å². The summed E-state index contributed by atoms with van der Waals surface area (Å²) < 4.78 is 0. The Morgan fingerprint density at radius 2 is 1.39 bits per heavy atom. The van der Waals surface area contributed by atoms with Gasteiger partial charge in [-0.15, -0.1) is 0 Å². The fraction of sp³-hybridized carbons (Fsp3) is 0.0789. The van der Waals surface area contributed by atoms with Crippen molar-refractivity contribution in [3.63, 3.8) is 0 Å². The van der Waals surface area contributed by atoms with Gasteiger partial charge in [-0.25, -0.2) is 0 Å². The number of hydrogen-bond donors (Lipinski definition) is 0. The van der Waals surface area contributed by atoms with E-state index in [-0.39, 0.29) is 0 Å². The third kappa shape index (κ3) is 6.71. The van der Waals surface area contributed by atoms with E-state index in [1.807, 2.05) is 79.9 Å². The molecule has 0 bridgehead atoms. The highest BCUT2D eigenvalue weighted by Gasteiger charge is 2.09. The lowest BCUT2D eigenvalue weighted by Gasteiger charge is -2.12. The molecule has 0 unspecified atom stereocenters. The van der Waals surface area contributed by atoms with Gasteiger partial charge >= 0.3 is 0 Å². The monoisotopic (exact) mass is 531 g/mol. The molecule has 0 aliphatic carbocycles. The fourth-order valence-corrected chi connectivity index (χ4v) is 4.76. The predicted molar refractivity (Wildman–Crippen MR) is 175 cm³/mol. The van der Waals surface area contributed by atoms with Crippen LogP contribution in [0.4, 0.5) is 0 Å². The number of aliphatic imine (C=N–C) groups is 2. The zero-order valence-electron chi connectivity index (χ0n) is 23.6. The van der Waals surface area contributed by atoms with Crippen LogP contribution < -0.4 is 0 Å². The summed E-state index contributed by atoms with van der Waals surface area (Å²) >= 11 is 0. The van der Waals surface area contributed by atoms with Crippen molar-refractivity contribution in [3.8, 4) is 22.3 Å². The van der Waals surface area contributed by atoms with Gasteiger partial charge < -0.3 is 0 Å². The number of aryl methyl sites for hydroxylation is 2. The van der Waals surface area contributed by atoms with Crippen LogP contribution in [0.1, 0.15) is 33.5 Å². The van der Waals surface area contributed by atoms with E-state index in [0.717, 1.165) is 61.6 Å². The quantitative estimate of drug-likeness (QED) is 0.175. The number of aromatic nitrogens is 1. The second-order valence-electron chi connectivity index (χ2n) is 10.0. The first-order valence-corrected chi connectivity index (χ1v) is 13.7. The van der Waals surface area contributed by atoms with Crippen molar-refractivity contribution in [3.05, 3.63) is 162 Å². The molecule has 5 aromatic rings. The largest absolute Gasteiger partial charge is 0.280 e. The van der Waals surface area contributed by atoms with Crippen LogP contribution in [-0.2, 0) is 6.54 Å². The molecular weight excluding hydrogens is 498 g/mol. The van der Waals surface area contributed by atoms with Crippen molar-refractivity contribution >= 4 is 24.2 Å². The van der Waals surface area contributed by atoms with E-state index in [1.165, 1.54) is 5.56 Å². The summed E-state index contributed by atoms with van der Waals surface area (Å²) in [4.78, 5) is 14.0. The molecule has 0 fully saturated rings. The first kappa shape index (κ1) is 27.4. The van der Waals surface area contributed by atoms with E-state index in [1.54, 1.807) is 0 Å². The van der Waals surface area contributed by atoms with Gasteiger partial charge in [-0.05, 0) is 95.9 Å². The molecule has 5 rings (SSSR count). The lowest BCUT2D eigenvalue weighted by atomic mass is 9.94. The summed E-state index contributed by atoms with van der Waals surface area (Å²) in [5.41, 5.74) is 12.5. The van der Waals surface area contributed by atoms with Gasteiger partial charge in [0, 0.05) is 23.0 Å². The van der Waals surface area contributed by atoms with E-state index in [0.29, 0.717) is 6.54 Å². The Balaban J connectivity index is 1.61. The Labute approximate surface area is 243 Å². The Hall–Kier alpha value is -5.15. The zero-order valence-corrected chi connectivity index (χ0v) is 23.6. The van der Waals surface area contributed by atoms with Crippen LogP contribution in [0.5, 0.6) is 0 Å². The highest BCUT2D eigenvalue weighted by atomic mass is 14.8. The van der Waals surface area contributed by atoms with Crippen LogP contribution in [0.15, 0.2) is 138 Å². The minimum absolute atomic E-state index is 0.500. The Morgan fingerprint density at radius 1 is 0.732 bits per heavy atom. The lowest BCUT2D eigenvalue weighted by molar-refractivity contribution is 1.07. The van der Waals surface area contributed by atoms with Gasteiger partial charge in [0.2, 0.25) is 0 Å². The molecule has 0 aliphatic heterocycles. The van der Waals surface area contributed by atoms with Crippen LogP contribution >= 0.6 is 0 Å². The van der Waals surface area contributed by atoms with Gasteiger partial charge in [-0.3, -0.25) is 15.0 Å². The van der Waals surface area contributed by atoms with Gasteiger partial charge in [-0.1, -0.05) is 91.5 Å². The SMILES string of the molecule is C=Cc1cc(-c2cc(CN=C(/C=C(\N=C)c3ccccc3)c3ccccc3)cc(-c3ccc(C)nc3)c2)ccc1C. The molecule has 1 heterocycles. The van der Waals surface area contributed by atoms with Crippen molar-refractivity contribution in [2.45, 2.75) is 20.4 Å². The number of rotatable bonds is 9. The summed E-state index contributed by atoms with van der Waals surface area (Å²) in [5.74, 6) is 0. The zero-order chi connectivity index (χ0) is 28.6. The van der Waals surface area contributed by atoms with Crippen LogP contribution in [0.2, 0.25) is 0 Å². The number of pyridine rings is 1. The highest BCUT2D eigenvalue weighted by Crippen LogP contribution is 2.30. The molecule has 0 N–H and O–H groups in total. The number of benzene rings is 4. The Bertz CT molecular complexity index is 1730.